The van der Waals surface area contributed by atoms with Crippen molar-refractivity contribution in [3.63, 3.8) is 0 Å². The lowest BCUT2D eigenvalue weighted by atomic mass is 9.82. The van der Waals surface area contributed by atoms with Gasteiger partial charge in [0, 0.05) is 23.7 Å². The van der Waals surface area contributed by atoms with Crippen LogP contribution < -0.4 is 10.6 Å². The molecule has 2 atom stereocenters. The van der Waals surface area contributed by atoms with E-state index in [9.17, 15) is 9.90 Å². The van der Waals surface area contributed by atoms with Crippen molar-refractivity contribution >= 4 is 29.9 Å². The number of aliphatic hydroxyl groups excluding tert-OH is 1. The van der Waals surface area contributed by atoms with Gasteiger partial charge in [-0.1, -0.05) is 29.8 Å². The molecule has 0 aliphatic carbocycles. The van der Waals surface area contributed by atoms with Gasteiger partial charge < -0.3 is 15.7 Å². The van der Waals surface area contributed by atoms with Crippen LogP contribution in [0.15, 0.2) is 24.3 Å². The molecule has 1 aliphatic heterocycles. The lowest BCUT2D eigenvalue weighted by Crippen LogP contribution is -2.49. The van der Waals surface area contributed by atoms with Crippen LogP contribution in [-0.4, -0.2) is 30.6 Å². The third-order valence-electron chi connectivity index (χ3n) is 3.87. The van der Waals surface area contributed by atoms with E-state index in [4.69, 9.17) is 11.6 Å². The summed E-state index contributed by atoms with van der Waals surface area (Å²) in [6, 6.07) is 7.13. The zero-order chi connectivity index (χ0) is 14.6. The summed E-state index contributed by atoms with van der Waals surface area (Å²) >= 11 is 6.03. The largest absolute Gasteiger partial charge is 0.387 e. The Hall–Kier alpha value is -0.810. The van der Waals surface area contributed by atoms with E-state index in [1.165, 1.54) is 0 Å². The Morgan fingerprint density at radius 2 is 2.24 bits per heavy atom. The molecule has 1 saturated heterocycles. The molecule has 1 amide bonds. The van der Waals surface area contributed by atoms with Gasteiger partial charge in [0.1, 0.15) is 0 Å². The van der Waals surface area contributed by atoms with Gasteiger partial charge in [0.2, 0.25) is 5.91 Å². The summed E-state index contributed by atoms with van der Waals surface area (Å²) in [6.07, 6.45) is 1.08. The maximum absolute atomic E-state index is 12.2. The standard InChI is InChI=1S/C15H21ClN2O2.ClH/c1-15(7-4-8-17-10-15)14(20)18-9-13(19)11-5-2-3-6-12(11)16;/h2-3,5-6,13,17,19H,4,7-10H2,1H3,(H,18,20);1H. The topological polar surface area (TPSA) is 61.4 Å². The van der Waals surface area contributed by atoms with Crippen LogP contribution >= 0.6 is 24.0 Å². The van der Waals surface area contributed by atoms with Crippen molar-refractivity contribution in [2.24, 2.45) is 5.41 Å². The summed E-state index contributed by atoms with van der Waals surface area (Å²) in [5, 5.41) is 16.7. The highest BCUT2D eigenvalue weighted by Gasteiger charge is 2.34. The fourth-order valence-corrected chi connectivity index (χ4v) is 2.77. The van der Waals surface area contributed by atoms with Gasteiger partial charge in [-0.3, -0.25) is 4.79 Å². The molecule has 0 bridgehead atoms. The van der Waals surface area contributed by atoms with Gasteiger partial charge in [0.15, 0.2) is 0 Å². The van der Waals surface area contributed by atoms with Gasteiger partial charge in [0.05, 0.1) is 11.5 Å². The average Bonchev–Trinajstić information content (AvgIpc) is 2.45. The van der Waals surface area contributed by atoms with Crippen molar-refractivity contribution in [2.75, 3.05) is 19.6 Å². The van der Waals surface area contributed by atoms with Crippen LogP contribution in [0.25, 0.3) is 0 Å². The van der Waals surface area contributed by atoms with Crippen LogP contribution in [-0.2, 0) is 4.79 Å². The summed E-state index contributed by atoms with van der Waals surface area (Å²) in [6.45, 7) is 3.78. The van der Waals surface area contributed by atoms with Crippen LogP contribution in [0.1, 0.15) is 31.4 Å². The molecular weight excluding hydrogens is 311 g/mol. The molecule has 0 saturated carbocycles. The van der Waals surface area contributed by atoms with Gasteiger partial charge >= 0.3 is 0 Å². The van der Waals surface area contributed by atoms with E-state index in [-0.39, 0.29) is 24.9 Å². The number of carbonyl (C=O) groups excluding carboxylic acids is 1. The Bertz CT molecular complexity index is 476. The zero-order valence-electron chi connectivity index (χ0n) is 12.1. The SMILES string of the molecule is CC1(C(=O)NCC(O)c2ccccc2Cl)CCCNC1.Cl. The maximum Gasteiger partial charge on any atom is 0.227 e. The number of halogens is 2. The predicted molar refractivity (Wildman–Crippen MR) is 86.9 cm³/mol. The molecule has 2 unspecified atom stereocenters. The van der Waals surface area contributed by atoms with Gasteiger partial charge in [-0.25, -0.2) is 0 Å². The Morgan fingerprint density at radius 1 is 1.52 bits per heavy atom. The average molecular weight is 333 g/mol. The molecule has 21 heavy (non-hydrogen) atoms. The van der Waals surface area contributed by atoms with Crippen LogP contribution in [0, 0.1) is 5.41 Å². The molecule has 0 radical (unpaired) electrons. The van der Waals surface area contributed by atoms with Crippen molar-refractivity contribution < 1.29 is 9.90 Å². The summed E-state index contributed by atoms with van der Waals surface area (Å²) in [5.74, 6) is -0.0178. The van der Waals surface area contributed by atoms with Crippen molar-refractivity contribution in [2.45, 2.75) is 25.9 Å². The Morgan fingerprint density at radius 3 is 2.86 bits per heavy atom. The minimum absolute atomic E-state index is 0. The first-order chi connectivity index (χ1) is 9.53. The zero-order valence-corrected chi connectivity index (χ0v) is 13.6. The van der Waals surface area contributed by atoms with Gasteiger partial charge in [-0.2, -0.15) is 0 Å². The number of piperidine rings is 1. The minimum Gasteiger partial charge on any atom is -0.387 e. The molecule has 3 N–H and O–H groups in total. The van der Waals surface area contributed by atoms with Crippen molar-refractivity contribution in [3.05, 3.63) is 34.9 Å². The lowest BCUT2D eigenvalue weighted by Gasteiger charge is -2.33. The van der Waals surface area contributed by atoms with Crippen LogP contribution in [0.2, 0.25) is 5.02 Å². The Kier molecular flexibility index (Phi) is 6.94. The minimum atomic E-state index is -0.784. The third-order valence-corrected chi connectivity index (χ3v) is 4.21. The molecule has 6 heteroatoms. The molecule has 1 aliphatic rings. The highest BCUT2D eigenvalue weighted by molar-refractivity contribution is 6.31. The number of hydrogen-bond acceptors (Lipinski definition) is 3. The lowest BCUT2D eigenvalue weighted by molar-refractivity contribution is -0.131. The molecule has 2 rings (SSSR count). The van der Waals surface area contributed by atoms with E-state index in [0.29, 0.717) is 17.1 Å². The van der Waals surface area contributed by atoms with Crippen molar-refractivity contribution in [1.82, 2.24) is 10.6 Å². The normalized spacial score (nSPS) is 23.0. The number of benzene rings is 1. The maximum atomic E-state index is 12.2. The Labute approximate surface area is 136 Å². The Balaban J connectivity index is 0.00000220. The molecule has 118 valence electrons. The van der Waals surface area contributed by atoms with E-state index >= 15 is 0 Å². The molecule has 1 aromatic rings. The number of carbonyl (C=O) groups is 1. The first kappa shape index (κ1) is 18.2. The second-order valence-corrected chi connectivity index (χ2v) is 6.00. The van der Waals surface area contributed by atoms with Crippen LogP contribution in [0.5, 0.6) is 0 Å². The molecule has 0 spiro atoms. The molecule has 1 fully saturated rings. The second kappa shape index (κ2) is 7.99. The fourth-order valence-electron chi connectivity index (χ4n) is 2.51. The van der Waals surface area contributed by atoms with Gasteiger partial charge in [0.25, 0.3) is 0 Å². The third kappa shape index (κ3) is 4.58. The number of amides is 1. The fraction of sp³-hybridized carbons (Fsp3) is 0.533. The predicted octanol–water partition coefficient (Wildman–Crippen LogP) is 2.30. The van der Waals surface area contributed by atoms with Crippen LogP contribution in [0.3, 0.4) is 0 Å². The number of aliphatic hydroxyl groups is 1. The van der Waals surface area contributed by atoms with Gasteiger partial charge in [-0.05, 0) is 32.4 Å². The van der Waals surface area contributed by atoms with E-state index < -0.39 is 11.5 Å². The first-order valence-corrected chi connectivity index (χ1v) is 7.32. The molecular formula is C15H22Cl2N2O2. The van der Waals surface area contributed by atoms with Crippen molar-refractivity contribution in [1.29, 1.82) is 0 Å². The quantitative estimate of drug-likeness (QED) is 0.792. The molecule has 1 heterocycles. The summed E-state index contributed by atoms with van der Waals surface area (Å²) in [5.41, 5.74) is 0.250. The van der Waals surface area contributed by atoms with Gasteiger partial charge in [-0.15, -0.1) is 12.4 Å². The van der Waals surface area contributed by atoms with E-state index in [1.807, 2.05) is 19.1 Å². The summed E-state index contributed by atoms with van der Waals surface area (Å²) in [4.78, 5) is 12.2. The monoisotopic (exact) mass is 332 g/mol. The number of nitrogens with one attached hydrogen (secondary N) is 2. The van der Waals surface area contributed by atoms with E-state index in [2.05, 4.69) is 10.6 Å². The highest BCUT2D eigenvalue weighted by atomic mass is 35.5. The molecule has 0 aromatic heterocycles. The molecule has 1 aromatic carbocycles. The highest BCUT2D eigenvalue weighted by Crippen LogP contribution is 2.26. The summed E-state index contributed by atoms with van der Waals surface area (Å²) in [7, 11) is 0. The van der Waals surface area contributed by atoms with Crippen molar-refractivity contribution in [3.8, 4) is 0 Å². The van der Waals surface area contributed by atoms with Crippen LogP contribution in [0.4, 0.5) is 0 Å². The first-order valence-electron chi connectivity index (χ1n) is 6.94. The molecule has 4 nitrogen and oxygen atoms in total. The smallest absolute Gasteiger partial charge is 0.227 e. The second-order valence-electron chi connectivity index (χ2n) is 5.59. The summed E-state index contributed by atoms with van der Waals surface area (Å²) < 4.78 is 0. The van der Waals surface area contributed by atoms with E-state index in [1.54, 1.807) is 12.1 Å². The number of rotatable bonds is 4. The number of hydrogen-bond donors (Lipinski definition) is 3. The van der Waals surface area contributed by atoms with E-state index in [0.717, 1.165) is 19.4 Å².